The third-order valence-corrected chi connectivity index (χ3v) is 1.93. The molecule has 0 saturated heterocycles. The Balaban J connectivity index is 2.96. The summed E-state index contributed by atoms with van der Waals surface area (Å²) in [4.78, 5) is 0. The van der Waals surface area contributed by atoms with Gasteiger partial charge < -0.3 is 5.11 Å². The number of fused-ring (bicyclic) bond motifs is 1. The highest BCUT2D eigenvalue weighted by Crippen LogP contribution is 2.25. The third kappa shape index (κ3) is 0.870. The number of halogens is 1. The summed E-state index contributed by atoms with van der Waals surface area (Å²) in [5.74, 6) is 0.211. The number of aromatic hydroxyl groups is 1. The van der Waals surface area contributed by atoms with Crippen molar-refractivity contribution in [2.24, 2.45) is 0 Å². The van der Waals surface area contributed by atoms with Gasteiger partial charge in [-0.1, -0.05) is 12.1 Å². The van der Waals surface area contributed by atoms with Gasteiger partial charge in [-0.25, -0.2) is 0 Å². The van der Waals surface area contributed by atoms with Crippen LogP contribution >= 0.6 is 11.8 Å². The molecular formula is C8H6ClNO. The molecule has 0 spiro atoms. The molecule has 1 N–H and O–H groups in total. The molecule has 3 heteroatoms. The predicted molar refractivity (Wildman–Crippen MR) is 44.9 cm³/mol. The van der Waals surface area contributed by atoms with E-state index in [0.717, 1.165) is 5.39 Å². The van der Waals surface area contributed by atoms with Gasteiger partial charge in [-0.3, -0.25) is 4.09 Å². The van der Waals surface area contributed by atoms with Gasteiger partial charge >= 0.3 is 0 Å². The molecule has 0 aliphatic carbocycles. The molecule has 0 unspecified atom stereocenters. The van der Waals surface area contributed by atoms with E-state index in [0.29, 0.717) is 5.52 Å². The summed E-state index contributed by atoms with van der Waals surface area (Å²) < 4.78 is 1.38. The zero-order valence-corrected chi connectivity index (χ0v) is 6.42. The summed E-state index contributed by atoms with van der Waals surface area (Å²) in [5.41, 5.74) is 0.661. The van der Waals surface area contributed by atoms with E-state index in [1.54, 1.807) is 18.3 Å². The molecule has 0 atom stereocenters. The molecule has 0 radical (unpaired) electrons. The predicted octanol–water partition coefficient (Wildman–Crippen LogP) is 2.35. The Labute approximate surface area is 68.7 Å². The summed E-state index contributed by atoms with van der Waals surface area (Å²) in [5, 5.41) is 10.3. The second-order valence-electron chi connectivity index (χ2n) is 2.34. The average Bonchev–Trinajstić information content (AvgIpc) is 2.34. The van der Waals surface area contributed by atoms with Crippen LogP contribution in [0.3, 0.4) is 0 Å². The number of benzene rings is 1. The van der Waals surface area contributed by atoms with Crippen molar-refractivity contribution < 1.29 is 5.11 Å². The molecule has 0 amide bonds. The SMILES string of the molecule is Oc1cccc2ccn(Cl)c12. The molecule has 1 aromatic carbocycles. The number of phenolic OH excluding ortho intramolecular Hbond substituents is 1. The second-order valence-corrected chi connectivity index (χ2v) is 2.71. The fourth-order valence-corrected chi connectivity index (χ4v) is 1.38. The van der Waals surface area contributed by atoms with E-state index in [4.69, 9.17) is 11.8 Å². The molecule has 0 fully saturated rings. The summed E-state index contributed by atoms with van der Waals surface area (Å²) in [7, 11) is 0. The Hall–Kier alpha value is -1.15. The highest BCUT2D eigenvalue weighted by molar-refractivity contribution is 6.19. The van der Waals surface area contributed by atoms with Gasteiger partial charge in [0.25, 0.3) is 0 Å². The fourth-order valence-electron chi connectivity index (χ4n) is 1.14. The molecule has 2 nitrogen and oxygen atoms in total. The number of aromatic nitrogens is 1. The van der Waals surface area contributed by atoms with Gasteiger partial charge in [-0.15, -0.1) is 0 Å². The fraction of sp³-hybridized carbons (Fsp3) is 0. The maximum Gasteiger partial charge on any atom is 0.141 e. The van der Waals surface area contributed by atoms with E-state index in [2.05, 4.69) is 0 Å². The van der Waals surface area contributed by atoms with Crippen molar-refractivity contribution >= 4 is 22.7 Å². The lowest BCUT2D eigenvalue weighted by Gasteiger charge is -1.95. The first-order valence-electron chi connectivity index (χ1n) is 3.24. The van der Waals surface area contributed by atoms with Gasteiger partial charge in [0, 0.05) is 23.4 Å². The summed E-state index contributed by atoms with van der Waals surface area (Å²) in [6.07, 6.45) is 1.70. The Kier molecular flexibility index (Phi) is 1.29. The number of nitrogens with zero attached hydrogens (tertiary/aromatic N) is 1. The molecule has 2 rings (SSSR count). The molecule has 1 aromatic heterocycles. The summed E-state index contributed by atoms with van der Waals surface area (Å²) in [6, 6.07) is 7.14. The van der Waals surface area contributed by atoms with Crippen LogP contribution in [0.25, 0.3) is 10.9 Å². The lowest BCUT2D eigenvalue weighted by Crippen LogP contribution is -1.75. The van der Waals surface area contributed by atoms with Crippen LogP contribution in [0.15, 0.2) is 30.5 Å². The van der Waals surface area contributed by atoms with E-state index in [9.17, 15) is 5.11 Å². The van der Waals surface area contributed by atoms with E-state index < -0.39 is 0 Å². The Morgan fingerprint density at radius 3 is 2.82 bits per heavy atom. The molecule has 0 saturated carbocycles. The van der Waals surface area contributed by atoms with Crippen LogP contribution in [-0.4, -0.2) is 9.19 Å². The maximum absolute atomic E-state index is 9.34. The van der Waals surface area contributed by atoms with Crippen LogP contribution in [0, 0.1) is 0 Å². The van der Waals surface area contributed by atoms with Gasteiger partial charge in [0.2, 0.25) is 0 Å². The van der Waals surface area contributed by atoms with Crippen LogP contribution in [0.1, 0.15) is 0 Å². The zero-order valence-electron chi connectivity index (χ0n) is 5.66. The van der Waals surface area contributed by atoms with Gasteiger partial charge in [-0.2, -0.15) is 0 Å². The van der Waals surface area contributed by atoms with E-state index >= 15 is 0 Å². The van der Waals surface area contributed by atoms with Gasteiger partial charge in [0.1, 0.15) is 11.3 Å². The monoisotopic (exact) mass is 167 g/mol. The highest BCUT2D eigenvalue weighted by atomic mass is 35.5. The molecule has 0 aliphatic heterocycles. The molecular weight excluding hydrogens is 162 g/mol. The minimum atomic E-state index is 0.211. The van der Waals surface area contributed by atoms with Crippen LogP contribution in [-0.2, 0) is 0 Å². The summed E-state index contributed by atoms with van der Waals surface area (Å²) >= 11 is 5.73. The van der Waals surface area contributed by atoms with Crippen molar-refractivity contribution in [1.29, 1.82) is 0 Å². The van der Waals surface area contributed by atoms with Crippen molar-refractivity contribution in [3.05, 3.63) is 30.5 Å². The minimum absolute atomic E-state index is 0.211. The topological polar surface area (TPSA) is 25.2 Å². The second kappa shape index (κ2) is 2.17. The third-order valence-electron chi connectivity index (χ3n) is 1.64. The minimum Gasteiger partial charge on any atom is -0.506 e. The average molecular weight is 168 g/mol. The lowest BCUT2D eigenvalue weighted by atomic mass is 10.2. The van der Waals surface area contributed by atoms with Crippen LogP contribution in [0.2, 0.25) is 0 Å². The largest absolute Gasteiger partial charge is 0.506 e. The van der Waals surface area contributed by atoms with Crippen LogP contribution in [0.5, 0.6) is 5.75 Å². The molecule has 56 valence electrons. The van der Waals surface area contributed by atoms with Gasteiger partial charge in [-0.05, 0) is 12.1 Å². The zero-order chi connectivity index (χ0) is 7.84. The number of hydrogen-bond acceptors (Lipinski definition) is 1. The summed E-state index contributed by atoms with van der Waals surface area (Å²) in [6.45, 7) is 0. The van der Waals surface area contributed by atoms with Crippen molar-refractivity contribution in [2.45, 2.75) is 0 Å². The maximum atomic E-state index is 9.34. The smallest absolute Gasteiger partial charge is 0.141 e. The first kappa shape index (κ1) is 6.55. The van der Waals surface area contributed by atoms with Gasteiger partial charge in [0.05, 0.1) is 0 Å². The Morgan fingerprint density at radius 2 is 2.09 bits per heavy atom. The van der Waals surface area contributed by atoms with Crippen molar-refractivity contribution in [3.8, 4) is 5.75 Å². The first-order valence-corrected chi connectivity index (χ1v) is 3.58. The standard InChI is InChI=1S/C8H6ClNO/c9-10-5-4-6-2-1-3-7(11)8(6)10/h1-5,11H. The van der Waals surface area contributed by atoms with Crippen molar-refractivity contribution in [1.82, 2.24) is 4.09 Å². The molecule has 11 heavy (non-hydrogen) atoms. The van der Waals surface area contributed by atoms with Crippen LogP contribution < -0.4 is 0 Å². The Morgan fingerprint density at radius 1 is 1.27 bits per heavy atom. The number of rotatable bonds is 0. The molecule has 1 heterocycles. The van der Waals surface area contributed by atoms with Crippen molar-refractivity contribution in [2.75, 3.05) is 0 Å². The Bertz CT molecular complexity index is 394. The number of phenols is 1. The molecule has 0 aliphatic rings. The highest BCUT2D eigenvalue weighted by Gasteiger charge is 2.02. The van der Waals surface area contributed by atoms with Gasteiger partial charge in [0.15, 0.2) is 0 Å². The van der Waals surface area contributed by atoms with E-state index in [-0.39, 0.29) is 5.75 Å². The number of para-hydroxylation sites is 1. The lowest BCUT2D eigenvalue weighted by molar-refractivity contribution is 0.480. The van der Waals surface area contributed by atoms with Crippen LogP contribution in [0.4, 0.5) is 0 Å². The number of hydrogen-bond donors (Lipinski definition) is 1. The molecule has 2 aromatic rings. The first-order chi connectivity index (χ1) is 5.29. The van der Waals surface area contributed by atoms with Crippen molar-refractivity contribution in [3.63, 3.8) is 0 Å². The van der Waals surface area contributed by atoms with E-state index in [1.165, 1.54) is 4.09 Å². The van der Waals surface area contributed by atoms with E-state index in [1.807, 2.05) is 12.1 Å². The normalized spacial score (nSPS) is 10.6. The quantitative estimate of drug-likeness (QED) is 0.640. The molecule has 0 bridgehead atoms.